The zero-order chi connectivity index (χ0) is 63.5. The van der Waals surface area contributed by atoms with E-state index in [2.05, 4.69) is 55.6 Å². The first-order valence-corrected chi connectivity index (χ1v) is 40.2. The Morgan fingerprint density at radius 1 is 0.318 bits per heavy atom. The number of hydrogen-bond acceptors (Lipinski definition) is 5. The zero-order valence-corrected chi connectivity index (χ0v) is 59.7. The van der Waals surface area contributed by atoms with E-state index < -0.39 is 12.1 Å². The largest absolute Gasteiger partial charge is 0.466 e. The van der Waals surface area contributed by atoms with Gasteiger partial charge >= 0.3 is 5.97 Å². The molecule has 0 aromatic heterocycles. The summed E-state index contributed by atoms with van der Waals surface area (Å²) in [4.78, 5) is 24.7. The zero-order valence-electron chi connectivity index (χ0n) is 59.7. The average molecular weight is 1240 g/mol. The van der Waals surface area contributed by atoms with E-state index in [1.807, 2.05) is 0 Å². The minimum Gasteiger partial charge on any atom is -0.466 e. The van der Waals surface area contributed by atoms with Crippen molar-refractivity contribution in [3.05, 3.63) is 36.5 Å². The third kappa shape index (κ3) is 73.1. The molecule has 0 aliphatic carbocycles. The van der Waals surface area contributed by atoms with Crippen LogP contribution in [-0.2, 0) is 14.3 Å². The lowest BCUT2D eigenvalue weighted by Crippen LogP contribution is -2.45. The number of nitrogens with one attached hydrogen (secondary N) is 1. The summed E-state index contributed by atoms with van der Waals surface area (Å²) in [6.45, 7) is 4.99. The number of carbonyl (C=O) groups excluding carboxylic acids is 2. The summed E-state index contributed by atoms with van der Waals surface area (Å²) in [5, 5.41) is 23.4. The van der Waals surface area contributed by atoms with Crippen LogP contribution in [0.15, 0.2) is 36.5 Å². The van der Waals surface area contributed by atoms with Gasteiger partial charge in [-0.15, -0.1) is 0 Å². The normalized spacial score (nSPS) is 12.6. The molecule has 0 aliphatic rings. The topological polar surface area (TPSA) is 95.9 Å². The van der Waals surface area contributed by atoms with Crippen LogP contribution in [-0.4, -0.2) is 47.4 Å². The van der Waals surface area contributed by atoms with Crippen molar-refractivity contribution in [1.82, 2.24) is 5.32 Å². The lowest BCUT2D eigenvalue weighted by molar-refractivity contribution is -0.143. The quantitative estimate of drug-likeness (QED) is 0.0320. The molecule has 0 aromatic rings. The van der Waals surface area contributed by atoms with Gasteiger partial charge in [-0.3, -0.25) is 9.59 Å². The van der Waals surface area contributed by atoms with E-state index in [0.717, 1.165) is 51.4 Å². The lowest BCUT2D eigenvalue weighted by Gasteiger charge is -2.22. The Labute approximate surface area is 551 Å². The van der Waals surface area contributed by atoms with Gasteiger partial charge in [0.05, 0.1) is 25.4 Å². The first kappa shape index (κ1) is 86.1. The van der Waals surface area contributed by atoms with Gasteiger partial charge in [0.25, 0.3) is 0 Å². The SMILES string of the molecule is CCCCCCCCC/C=C\CCCCCCCCCC(=O)OCCCCCCCCCCC/C=C\C/C=C\CCCCCCCCCCCCCCCCCCCC(=O)NC(CO)C(O)CCCCCCCCCCCCCCCCCCCCCC. The molecule has 2 unspecified atom stereocenters. The van der Waals surface area contributed by atoms with E-state index in [0.29, 0.717) is 25.9 Å². The summed E-state index contributed by atoms with van der Waals surface area (Å²) in [5.41, 5.74) is 0. The second kappa shape index (κ2) is 77.5. The number of aliphatic hydroxyl groups excluding tert-OH is 2. The maximum absolute atomic E-state index is 12.6. The standard InChI is InChI=1S/C82H157NO5/c1-3-5-7-9-11-13-15-17-19-21-23-39-42-46-50-54-58-62-66-70-74-80(85)79(78-84)83-81(86)75-71-67-63-59-55-51-47-43-40-37-35-33-31-29-27-25-24-26-28-30-32-34-36-38-41-45-49-53-57-61-65-69-73-77-88-82(87)76-72-68-64-60-56-52-48-44-22-20-18-16-14-12-10-8-6-4-2/h20,22,28,30,34,36,79-80,84-85H,3-19,21,23-27,29,31-33,35,37-78H2,1-2H3,(H,83,86)/b22-20-,30-28-,36-34-. The van der Waals surface area contributed by atoms with Crippen molar-refractivity contribution in [3.8, 4) is 0 Å². The van der Waals surface area contributed by atoms with Crippen LogP contribution in [0, 0.1) is 0 Å². The molecule has 0 spiro atoms. The number of hydrogen-bond donors (Lipinski definition) is 3. The predicted molar refractivity (Wildman–Crippen MR) is 389 cm³/mol. The number of carbonyl (C=O) groups is 2. The van der Waals surface area contributed by atoms with E-state index in [9.17, 15) is 19.8 Å². The van der Waals surface area contributed by atoms with Gasteiger partial charge in [-0.25, -0.2) is 0 Å². The molecule has 88 heavy (non-hydrogen) atoms. The smallest absolute Gasteiger partial charge is 0.305 e. The van der Waals surface area contributed by atoms with Crippen LogP contribution in [0.2, 0.25) is 0 Å². The first-order chi connectivity index (χ1) is 43.5. The van der Waals surface area contributed by atoms with Gasteiger partial charge in [-0.1, -0.05) is 391 Å². The Kier molecular flexibility index (Phi) is 75.8. The highest BCUT2D eigenvalue weighted by molar-refractivity contribution is 5.76. The summed E-state index contributed by atoms with van der Waals surface area (Å²) >= 11 is 0. The highest BCUT2D eigenvalue weighted by Gasteiger charge is 2.20. The predicted octanol–water partition coefficient (Wildman–Crippen LogP) is 26.6. The highest BCUT2D eigenvalue weighted by Crippen LogP contribution is 2.20. The summed E-state index contributed by atoms with van der Waals surface area (Å²) in [5.74, 6) is -0.0162. The number of allylic oxidation sites excluding steroid dienone is 6. The van der Waals surface area contributed by atoms with Crippen molar-refractivity contribution in [2.24, 2.45) is 0 Å². The lowest BCUT2D eigenvalue weighted by atomic mass is 10.0. The van der Waals surface area contributed by atoms with Crippen molar-refractivity contribution in [2.75, 3.05) is 13.2 Å². The van der Waals surface area contributed by atoms with Gasteiger partial charge in [0.1, 0.15) is 0 Å². The summed E-state index contributed by atoms with van der Waals surface area (Å²) in [6.07, 6.45) is 101. The molecule has 6 heteroatoms. The molecule has 2 atom stereocenters. The maximum atomic E-state index is 12.6. The van der Waals surface area contributed by atoms with Crippen LogP contribution >= 0.6 is 0 Å². The molecule has 0 saturated carbocycles. The second-order valence-electron chi connectivity index (χ2n) is 27.7. The van der Waals surface area contributed by atoms with Crippen molar-refractivity contribution < 1.29 is 24.5 Å². The van der Waals surface area contributed by atoms with Gasteiger partial charge in [0.2, 0.25) is 5.91 Å². The Morgan fingerprint density at radius 2 is 0.568 bits per heavy atom. The molecule has 520 valence electrons. The number of aliphatic hydroxyl groups is 2. The Bertz CT molecular complexity index is 1430. The number of unbranched alkanes of at least 4 members (excludes halogenated alkanes) is 59. The third-order valence-electron chi connectivity index (χ3n) is 18.9. The van der Waals surface area contributed by atoms with Gasteiger partial charge in [-0.2, -0.15) is 0 Å². The molecule has 1 amide bonds. The molecule has 6 nitrogen and oxygen atoms in total. The molecular formula is C82H157NO5. The fraction of sp³-hybridized carbons (Fsp3) is 0.902. The molecule has 0 aromatic carbocycles. The Morgan fingerprint density at radius 3 is 0.875 bits per heavy atom. The van der Waals surface area contributed by atoms with Crippen molar-refractivity contribution in [3.63, 3.8) is 0 Å². The second-order valence-corrected chi connectivity index (χ2v) is 27.7. The molecule has 0 saturated heterocycles. The van der Waals surface area contributed by atoms with Crippen molar-refractivity contribution in [2.45, 2.75) is 463 Å². The monoisotopic (exact) mass is 1240 g/mol. The van der Waals surface area contributed by atoms with Crippen LogP contribution in [0.3, 0.4) is 0 Å². The molecule has 0 radical (unpaired) electrons. The Balaban J connectivity index is 3.37. The van der Waals surface area contributed by atoms with Crippen LogP contribution in [0.1, 0.15) is 450 Å². The highest BCUT2D eigenvalue weighted by atomic mass is 16.5. The Hall–Kier alpha value is -1.92. The molecule has 0 fully saturated rings. The average Bonchev–Trinajstić information content (AvgIpc) is 3.58. The molecule has 0 aliphatic heterocycles. The molecule has 0 bridgehead atoms. The van der Waals surface area contributed by atoms with E-state index in [1.54, 1.807) is 0 Å². The minimum atomic E-state index is -0.664. The third-order valence-corrected chi connectivity index (χ3v) is 18.9. The molecule has 0 heterocycles. The van der Waals surface area contributed by atoms with Gasteiger partial charge in [0, 0.05) is 12.8 Å². The van der Waals surface area contributed by atoms with E-state index in [-0.39, 0.29) is 18.5 Å². The van der Waals surface area contributed by atoms with E-state index in [1.165, 1.54) is 366 Å². The first-order valence-electron chi connectivity index (χ1n) is 40.2. The number of rotatable bonds is 76. The molecule has 0 rings (SSSR count). The number of amides is 1. The van der Waals surface area contributed by atoms with Gasteiger partial charge in [-0.05, 0) is 83.5 Å². The van der Waals surface area contributed by atoms with E-state index >= 15 is 0 Å². The van der Waals surface area contributed by atoms with Gasteiger partial charge < -0.3 is 20.3 Å². The summed E-state index contributed by atoms with van der Waals surface area (Å²) in [7, 11) is 0. The van der Waals surface area contributed by atoms with Crippen LogP contribution in [0.4, 0.5) is 0 Å². The molecular weight excluding hydrogens is 1080 g/mol. The van der Waals surface area contributed by atoms with Crippen LogP contribution in [0.5, 0.6) is 0 Å². The van der Waals surface area contributed by atoms with Crippen molar-refractivity contribution in [1.29, 1.82) is 0 Å². The number of esters is 1. The number of ether oxygens (including phenoxy) is 1. The fourth-order valence-electron chi connectivity index (χ4n) is 12.8. The van der Waals surface area contributed by atoms with Crippen LogP contribution < -0.4 is 5.32 Å². The van der Waals surface area contributed by atoms with Crippen LogP contribution in [0.25, 0.3) is 0 Å². The fourth-order valence-corrected chi connectivity index (χ4v) is 12.8. The summed E-state index contributed by atoms with van der Waals surface area (Å²) in [6, 6.07) is -0.541. The minimum absolute atomic E-state index is 0.0121. The molecule has 3 N–H and O–H groups in total. The van der Waals surface area contributed by atoms with Gasteiger partial charge in [0.15, 0.2) is 0 Å². The maximum Gasteiger partial charge on any atom is 0.305 e. The van der Waals surface area contributed by atoms with Crippen molar-refractivity contribution >= 4 is 11.9 Å². The van der Waals surface area contributed by atoms with E-state index in [4.69, 9.17) is 4.74 Å². The summed E-state index contributed by atoms with van der Waals surface area (Å²) < 4.78 is 5.51.